The summed E-state index contributed by atoms with van der Waals surface area (Å²) in [6, 6.07) is 26.4. The van der Waals surface area contributed by atoms with Crippen LogP contribution in [0, 0.1) is 0 Å². The summed E-state index contributed by atoms with van der Waals surface area (Å²) >= 11 is 5.89. The predicted octanol–water partition coefficient (Wildman–Crippen LogP) is 6.32. The van der Waals surface area contributed by atoms with Crippen LogP contribution in [0.3, 0.4) is 0 Å². The van der Waals surface area contributed by atoms with Crippen LogP contribution < -0.4 is 14.2 Å². The van der Waals surface area contributed by atoms with Crippen LogP contribution in [0.2, 0.25) is 5.02 Å². The maximum absolute atomic E-state index is 13.3. The molecule has 196 valence electrons. The van der Waals surface area contributed by atoms with Crippen LogP contribution in [-0.4, -0.2) is 28.0 Å². The van der Waals surface area contributed by atoms with Crippen molar-refractivity contribution in [2.24, 2.45) is 0 Å². The number of ether oxygens (including phenoxy) is 2. The Kier molecular flexibility index (Phi) is 8.71. The molecule has 4 aromatic carbocycles. The number of methoxy groups -OCH3 is 1. The molecule has 0 aliphatic carbocycles. The van der Waals surface area contributed by atoms with Gasteiger partial charge in [-0.2, -0.15) is 0 Å². The first-order chi connectivity index (χ1) is 18.3. The van der Waals surface area contributed by atoms with E-state index < -0.39 is 15.9 Å². The third-order valence-electron chi connectivity index (χ3n) is 6.02. The molecule has 0 fully saturated rings. The van der Waals surface area contributed by atoms with Gasteiger partial charge in [-0.3, -0.25) is 4.79 Å². The van der Waals surface area contributed by atoms with Gasteiger partial charge in [-0.1, -0.05) is 54.1 Å². The van der Waals surface area contributed by atoms with Crippen LogP contribution in [-0.2, 0) is 22.9 Å². The van der Waals surface area contributed by atoms with Crippen LogP contribution in [0.4, 0.5) is 0 Å². The number of benzene rings is 4. The average molecular weight is 550 g/mol. The van der Waals surface area contributed by atoms with Crippen molar-refractivity contribution in [3.8, 4) is 22.6 Å². The molecule has 6 nitrogen and oxygen atoms in total. The van der Waals surface area contributed by atoms with E-state index in [9.17, 15) is 13.2 Å². The Hall–Kier alpha value is -3.81. The van der Waals surface area contributed by atoms with E-state index in [1.54, 1.807) is 19.2 Å². The van der Waals surface area contributed by atoms with E-state index in [-0.39, 0.29) is 10.5 Å². The Morgan fingerprint density at radius 3 is 2.32 bits per heavy atom. The fourth-order valence-corrected chi connectivity index (χ4v) is 5.20. The molecule has 0 atom stereocenters. The molecule has 4 rings (SSSR count). The minimum absolute atomic E-state index is 0.0459. The first-order valence-corrected chi connectivity index (χ1v) is 14.0. The normalized spacial score (nSPS) is 11.1. The number of amides is 1. The summed E-state index contributed by atoms with van der Waals surface area (Å²) in [5.74, 6) is 0.653. The van der Waals surface area contributed by atoms with Crippen molar-refractivity contribution < 1.29 is 22.7 Å². The molecule has 0 saturated carbocycles. The van der Waals surface area contributed by atoms with E-state index in [2.05, 4.69) is 4.72 Å². The molecule has 1 amide bonds. The van der Waals surface area contributed by atoms with E-state index in [4.69, 9.17) is 21.1 Å². The third-order valence-corrected chi connectivity index (χ3v) is 7.62. The van der Waals surface area contributed by atoms with Crippen molar-refractivity contribution >= 4 is 27.5 Å². The first-order valence-electron chi connectivity index (χ1n) is 12.1. The number of halogens is 1. The van der Waals surface area contributed by atoms with Gasteiger partial charge in [0.15, 0.2) is 0 Å². The monoisotopic (exact) mass is 549 g/mol. The summed E-state index contributed by atoms with van der Waals surface area (Å²) < 4.78 is 39.2. The lowest BCUT2D eigenvalue weighted by Crippen LogP contribution is -2.31. The van der Waals surface area contributed by atoms with E-state index in [0.29, 0.717) is 41.5 Å². The summed E-state index contributed by atoms with van der Waals surface area (Å²) in [6.45, 7) is 2.40. The van der Waals surface area contributed by atoms with Gasteiger partial charge in [0.2, 0.25) is 0 Å². The van der Waals surface area contributed by atoms with Gasteiger partial charge < -0.3 is 9.47 Å². The van der Waals surface area contributed by atoms with Crippen LogP contribution >= 0.6 is 11.6 Å². The lowest BCUT2D eigenvalue weighted by molar-refractivity contribution is 0.0980. The summed E-state index contributed by atoms with van der Waals surface area (Å²) in [5, 5.41) is 0.401. The molecule has 0 radical (unpaired) electrons. The molecule has 4 aromatic rings. The van der Waals surface area contributed by atoms with Gasteiger partial charge in [-0.05, 0) is 85.0 Å². The van der Waals surface area contributed by atoms with Gasteiger partial charge in [-0.15, -0.1) is 0 Å². The summed E-state index contributed by atoms with van der Waals surface area (Å²) in [5.41, 5.74) is 3.73. The number of sulfonamides is 1. The van der Waals surface area contributed by atoms with Crippen molar-refractivity contribution in [3.05, 3.63) is 113 Å². The van der Waals surface area contributed by atoms with E-state index >= 15 is 0 Å². The van der Waals surface area contributed by atoms with Crippen molar-refractivity contribution in [1.82, 2.24) is 4.72 Å². The first kappa shape index (κ1) is 27.2. The van der Waals surface area contributed by atoms with Gasteiger partial charge in [-0.25, -0.2) is 13.1 Å². The van der Waals surface area contributed by atoms with Crippen molar-refractivity contribution in [3.63, 3.8) is 0 Å². The fraction of sp³-hybridized carbons (Fsp3) is 0.167. The average Bonchev–Trinajstić information content (AvgIpc) is 2.92. The Bertz CT molecular complexity index is 1520. The van der Waals surface area contributed by atoms with Crippen LogP contribution in [0.1, 0.15) is 28.4 Å². The van der Waals surface area contributed by atoms with Crippen molar-refractivity contribution in [2.75, 3.05) is 13.7 Å². The molecule has 0 heterocycles. The maximum atomic E-state index is 13.3. The zero-order chi connectivity index (χ0) is 27.1. The van der Waals surface area contributed by atoms with Crippen LogP contribution in [0.25, 0.3) is 11.1 Å². The second kappa shape index (κ2) is 12.2. The number of nitrogens with one attached hydrogen (secondary N) is 1. The molecule has 0 aliphatic heterocycles. The van der Waals surface area contributed by atoms with Crippen molar-refractivity contribution in [2.45, 2.75) is 24.7 Å². The Morgan fingerprint density at radius 1 is 0.895 bits per heavy atom. The second-order valence-electron chi connectivity index (χ2n) is 8.54. The third kappa shape index (κ3) is 6.54. The molecular weight excluding hydrogens is 522 g/mol. The van der Waals surface area contributed by atoms with Crippen LogP contribution in [0.5, 0.6) is 11.5 Å². The fourth-order valence-electron chi connectivity index (χ4n) is 4.11. The molecule has 0 spiro atoms. The Morgan fingerprint density at radius 2 is 1.63 bits per heavy atom. The summed E-state index contributed by atoms with van der Waals surface area (Å²) in [6.07, 6.45) is 1.19. The highest BCUT2D eigenvalue weighted by Gasteiger charge is 2.22. The molecule has 0 saturated heterocycles. The van der Waals surface area contributed by atoms with E-state index in [1.807, 2.05) is 61.5 Å². The smallest absolute Gasteiger partial charge is 0.265 e. The lowest BCUT2D eigenvalue weighted by atomic mass is 9.94. The Labute approximate surface area is 228 Å². The Balaban J connectivity index is 1.72. The van der Waals surface area contributed by atoms with Gasteiger partial charge >= 0.3 is 0 Å². The molecule has 0 unspecified atom stereocenters. The number of rotatable bonds is 10. The highest BCUT2D eigenvalue weighted by atomic mass is 35.5. The number of hydrogen-bond acceptors (Lipinski definition) is 5. The topological polar surface area (TPSA) is 81.7 Å². The molecule has 0 aromatic heterocycles. The zero-order valence-electron chi connectivity index (χ0n) is 21.1. The van der Waals surface area contributed by atoms with Gasteiger partial charge in [0.05, 0.1) is 18.6 Å². The SMILES string of the molecule is CCOc1ccc(OC)cc1-c1ccc(C(=O)NS(=O)(=O)c2ccc(Cl)cc2)c(CCc2ccccc2)c1. The quantitative estimate of drug-likeness (QED) is 0.250. The maximum Gasteiger partial charge on any atom is 0.265 e. The molecule has 1 N–H and O–H groups in total. The van der Waals surface area contributed by atoms with Gasteiger partial charge in [0.1, 0.15) is 11.5 Å². The highest BCUT2D eigenvalue weighted by Crippen LogP contribution is 2.35. The van der Waals surface area contributed by atoms with Gasteiger partial charge in [0, 0.05) is 16.1 Å². The van der Waals surface area contributed by atoms with E-state index in [0.717, 1.165) is 16.7 Å². The number of aryl methyl sites for hydroxylation is 2. The molecule has 38 heavy (non-hydrogen) atoms. The van der Waals surface area contributed by atoms with Crippen molar-refractivity contribution in [1.29, 1.82) is 0 Å². The van der Waals surface area contributed by atoms with Gasteiger partial charge in [0.25, 0.3) is 15.9 Å². The standard InChI is InChI=1S/C30H28ClNO5S/c1-3-37-29-18-14-25(36-2)20-28(29)23-11-17-27(22(19-23)10-9-21-7-5-4-6-8-21)30(33)32-38(34,35)26-15-12-24(31)13-16-26/h4-8,11-20H,3,9-10H2,1-2H3,(H,32,33). The minimum atomic E-state index is -4.09. The summed E-state index contributed by atoms with van der Waals surface area (Å²) in [4.78, 5) is 13.2. The lowest BCUT2D eigenvalue weighted by Gasteiger charge is -2.16. The largest absolute Gasteiger partial charge is 0.497 e. The minimum Gasteiger partial charge on any atom is -0.497 e. The second-order valence-corrected chi connectivity index (χ2v) is 10.7. The van der Waals surface area contributed by atoms with E-state index in [1.165, 1.54) is 24.3 Å². The highest BCUT2D eigenvalue weighted by molar-refractivity contribution is 7.90. The number of carbonyl (C=O) groups excluding carboxylic acids is 1. The molecule has 0 aliphatic rings. The molecule has 0 bridgehead atoms. The molecule has 8 heteroatoms. The van der Waals surface area contributed by atoms with Crippen LogP contribution in [0.15, 0.2) is 95.9 Å². The summed E-state index contributed by atoms with van der Waals surface area (Å²) in [7, 11) is -2.49. The predicted molar refractivity (Wildman–Crippen MR) is 150 cm³/mol. The number of hydrogen-bond donors (Lipinski definition) is 1. The number of carbonyl (C=O) groups is 1. The zero-order valence-corrected chi connectivity index (χ0v) is 22.7. The molecular formula is C30H28ClNO5S.